The minimum Gasteiger partial charge on any atom is -0.393 e. The zero-order chi connectivity index (χ0) is 20.8. The van der Waals surface area contributed by atoms with Crippen LogP contribution in [0.15, 0.2) is 22.8 Å². The Hall–Kier alpha value is -0.640. The van der Waals surface area contributed by atoms with Crippen molar-refractivity contribution in [1.29, 1.82) is 0 Å². The van der Waals surface area contributed by atoms with Crippen LogP contribution in [0.3, 0.4) is 0 Å². The molecule has 0 aromatic heterocycles. The first kappa shape index (κ1) is 20.0. The van der Waals surface area contributed by atoms with E-state index in [1.807, 2.05) is 5.57 Å². The second-order valence-corrected chi connectivity index (χ2v) is 12.2. The highest BCUT2D eigenvalue weighted by atomic mass is 16.5. The lowest BCUT2D eigenvalue weighted by Crippen LogP contribution is -2.61. The predicted octanol–water partition coefficient (Wildman–Crippen LogP) is 4.86. The molecule has 4 aliphatic carbocycles. The third-order valence-corrected chi connectivity index (χ3v) is 10.7. The molecule has 166 valence electrons. The summed E-state index contributed by atoms with van der Waals surface area (Å²) in [7, 11) is 0. The van der Waals surface area contributed by atoms with Gasteiger partial charge in [0.2, 0.25) is 0 Å². The summed E-state index contributed by atoms with van der Waals surface area (Å²) in [5.41, 5.74) is 5.39. The summed E-state index contributed by atoms with van der Waals surface area (Å²) in [6.45, 7) is 11.0. The van der Waals surface area contributed by atoms with Gasteiger partial charge in [-0.05, 0) is 93.4 Å². The summed E-state index contributed by atoms with van der Waals surface area (Å²) < 4.78 is 6.89. The standard InChI is InChI=1S/C27H41NO2/c1-14-9-24-26(28-13-14)16(3)25-15(2)20-11-22-19(21(20)12-23(25)30-24)6-5-17-10-18(29)7-8-27(17,22)4/h5,14,16,18-19,21-26,28-29H,6-13H2,1-4H3/t14-,16-,18-,19-,21-,22-,23+,24-,25+,26-,27-/m1/s1. The molecule has 0 unspecified atom stereocenters. The maximum atomic E-state index is 10.3. The molecule has 11 atom stereocenters. The van der Waals surface area contributed by atoms with Crippen LogP contribution in [0.2, 0.25) is 0 Å². The van der Waals surface area contributed by atoms with Crippen molar-refractivity contribution < 1.29 is 9.84 Å². The van der Waals surface area contributed by atoms with Gasteiger partial charge in [-0.1, -0.05) is 43.6 Å². The topological polar surface area (TPSA) is 41.5 Å². The van der Waals surface area contributed by atoms with Crippen LogP contribution < -0.4 is 5.32 Å². The maximum Gasteiger partial charge on any atom is 0.0737 e. The third-order valence-electron chi connectivity index (χ3n) is 10.7. The second-order valence-electron chi connectivity index (χ2n) is 12.2. The molecule has 4 fully saturated rings. The first-order valence-electron chi connectivity index (χ1n) is 12.8. The maximum absolute atomic E-state index is 10.3. The van der Waals surface area contributed by atoms with E-state index in [4.69, 9.17) is 4.74 Å². The molecule has 3 heteroatoms. The van der Waals surface area contributed by atoms with E-state index in [1.54, 1.807) is 11.1 Å². The number of hydrogen-bond donors (Lipinski definition) is 2. The Kier molecular flexibility index (Phi) is 4.62. The summed E-state index contributed by atoms with van der Waals surface area (Å²) in [5.74, 6) is 4.30. The molecular weight excluding hydrogens is 370 g/mol. The van der Waals surface area contributed by atoms with Crippen LogP contribution in [-0.2, 0) is 4.74 Å². The normalized spacial score (nSPS) is 55.0. The van der Waals surface area contributed by atoms with Gasteiger partial charge in [0.15, 0.2) is 0 Å². The number of hydrogen-bond acceptors (Lipinski definition) is 3. The first-order chi connectivity index (χ1) is 14.4. The Bertz CT molecular complexity index is 786. The third kappa shape index (κ3) is 2.74. The summed E-state index contributed by atoms with van der Waals surface area (Å²) in [6.07, 6.45) is 11.3. The van der Waals surface area contributed by atoms with Crippen LogP contribution >= 0.6 is 0 Å². The van der Waals surface area contributed by atoms with Crippen molar-refractivity contribution in [3.8, 4) is 0 Å². The zero-order valence-corrected chi connectivity index (χ0v) is 19.4. The highest BCUT2D eigenvalue weighted by Gasteiger charge is 2.57. The van der Waals surface area contributed by atoms with E-state index in [2.05, 4.69) is 39.1 Å². The zero-order valence-electron chi connectivity index (χ0n) is 19.4. The summed E-state index contributed by atoms with van der Waals surface area (Å²) >= 11 is 0. The predicted molar refractivity (Wildman–Crippen MR) is 120 cm³/mol. The Morgan fingerprint density at radius 1 is 1.17 bits per heavy atom. The number of allylic oxidation sites excluding steroid dienone is 2. The fraction of sp³-hybridized carbons (Fsp3) is 0.852. The molecule has 2 aliphatic heterocycles. The number of aliphatic hydroxyl groups excluding tert-OH is 1. The largest absolute Gasteiger partial charge is 0.393 e. The molecule has 30 heavy (non-hydrogen) atoms. The van der Waals surface area contributed by atoms with E-state index in [-0.39, 0.29) is 6.10 Å². The average molecular weight is 412 g/mol. The number of rotatable bonds is 0. The van der Waals surface area contributed by atoms with Gasteiger partial charge in [0.25, 0.3) is 0 Å². The lowest BCUT2D eigenvalue weighted by molar-refractivity contribution is -0.143. The molecule has 6 aliphatic rings. The van der Waals surface area contributed by atoms with Gasteiger partial charge < -0.3 is 15.2 Å². The lowest BCUT2D eigenvalue weighted by Gasteiger charge is -2.53. The number of nitrogens with one attached hydrogen (secondary N) is 1. The van der Waals surface area contributed by atoms with Crippen molar-refractivity contribution in [2.45, 2.75) is 97.0 Å². The molecule has 0 amide bonds. The monoisotopic (exact) mass is 411 g/mol. The molecule has 2 N–H and O–H groups in total. The van der Waals surface area contributed by atoms with Crippen LogP contribution in [0.4, 0.5) is 0 Å². The van der Waals surface area contributed by atoms with Crippen LogP contribution in [0, 0.1) is 40.9 Å². The van der Waals surface area contributed by atoms with Crippen LogP contribution in [0.1, 0.15) is 72.6 Å². The van der Waals surface area contributed by atoms with Crippen LogP contribution in [0.25, 0.3) is 0 Å². The van der Waals surface area contributed by atoms with Gasteiger partial charge >= 0.3 is 0 Å². The van der Waals surface area contributed by atoms with Gasteiger partial charge in [-0.15, -0.1) is 0 Å². The Morgan fingerprint density at radius 3 is 2.83 bits per heavy atom. The minimum absolute atomic E-state index is 0.110. The molecule has 3 nitrogen and oxygen atoms in total. The molecule has 0 bridgehead atoms. The smallest absolute Gasteiger partial charge is 0.0737 e. The van der Waals surface area contributed by atoms with Crippen LogP contribution in [-0.4, -0.2) is 36.0 Å². The SMILES string of the molecule is CC1=C2C[C@@H]3[C@H](CC=C4C[C@H](O)CC[C@]43C)[C@H]2C[C@@H]2O[C@@H]3C[C@@H](C)CN[C@@H]3[C@H](C)[C@H]12. The van der Waals surface area contributed by atoms with Gasteiger partial charge in [0.05, 0.1) is 18.3 Å². The summed E-state index contributed by atoms with van der Waals surface area (Å²) in [6, 6.07) is 0.531. The first-order valence-corrected chi connectivity index (χ1v) is 12.8. The van der Waals surface area contributed by atoms with E-state index >= 15 is 0 Å². The van der Waals surface area contributed by atoms with E-state index < -0.39 is 0 Å². The molecule has 2 saturated heterocycles. The summed E-state index contributed by atoms with van der Waals surface area (Å²) in [5, 5.41) is 14.1. The van der Waals surface area contributed by atoms with E-state index in [1.165, 1.54) is 32.1 Å². The average Bonchev–Trinajstić information content (AvgIpc) is 3.09. The van der Waals surface area contributed by atoms with Crippen LogP contribution in [0.5, 0.6) is 0 Å². The van der Waals surface area contributed by atoms with Gasteiger partial charge in [0.1, 0.15) is 0 Å². The molecular formula is C27H41NO2. The van der Waals surface area contributed by atoms with Crippen molar-refractivity contribution in [2.75, 3.05) is 6.54 Å². The molecule has 0 aromatic carbocycles. The number of ether oxygens (including phenoxy) is 1. The van der Waals surface area contributed by atoms with E-state index in [0.717, 1.165) is 43.1 Å². The molecule has 2 saturated carbocycles. The van der Waals surface area contributed by atoms with Crippen molar-refractivity contribution in [3.05, 3.63) is 22.8 Å². The van der Waals surface area contributed by atoms with Gasteiger partial charge in [-0.25, -0.2) is 0 Å². The molecule has 2 heterocycles. The molecule has 0 spiro atoms. The number of piperidine rings is 1. The van der Waals surface area contributed by atoms with Gasteiger partial charge in [0, 0.05) is 12.0 Å². The molecule has 0 aromatic rings. The highest BCUT2D eigenvalue weighted by molar-refractivity contribution is 5.35. The number of fused-ring (bicyclic) bond motifs is 7. The second kappa shape index (κ2) is 6.93. The van der Waals surface area contributed by atoms with Crippen molar-refractivity contribution in [1.82, 2.24) is 5.32 Å². The van der Waals surface area contributed by atoms with Crippen molar-refractivity contribution >= 4 is 0 Å². The highest BCUT2D eigenvalue weighted by Crippen LogP contribution is 2.64. The van der Waals surface area contributed by atoms with Gasteiger partial charge in [-0.3, -0.25) is 0 Å². The van der Waals surface area contributed by atoms with Gasteiger partial charge in [-0.2, -0.15) is 0 Å². The fourth-order valence-corrected chi connectivity index (χ4v) is 9.08. The molecule has 6 rings (SSSR count). The summed E-state index contributed by atoms with van der Waals surface area (Å²) in [4.78, 5) is 0. The minimum atomic E-state index is -0.110. The quantitative estimate of drug-likeness (QED) is 0.560. The number of aliphatic hydroxyl groups is 1. The Morgan fingerprint density at radius 2 is 2.00 bits per heavy atom. The van der Waals surface area contributed by atoms with Crippen molar-refractivity contribution in [3.63, 3.8) is 0 Å². The van der Waals surface area contributed by atoms with E-state index in [0.29, 0.717) is 35.5 Å². The molecule has 0 radical (unpaired) electrons. The Balaban J connectivity index is 1.32. The Labute approximate surface area is 182 Å². The van der Waals surface area contributed by atoms with Crippen molar-refractivity contribution in [2.24, 2.45) is 40.9 Å². The fourth-order valence-electron chi connectivity index (χ4n) is 9.08. The van der Waals surface area contributed by atoms with E-state index in [9.17, 15) is 5.11 Å². The lowest BCUT2D eigenvalue weighted by atomic mass is 9.56.